The van der Waals surface area contributed by atoms with Crippen LogP contribution in [0.2, 0.25) is 0 Å². The standard InChI is InChI=1S/C24H36O2/c1-23(2,3)15-7-9-18(10-8-15)26-22(25)20-13-17-12-19(20)21-14-5-6-16(11-14)24(17,21)4/h5-6,14-21H,7-13H2,1-4H3. The van der Waals surface area contributed by atoms with E-state index in [2.05, 4.69) is 39.8 Å². The Morgan fingerprint density at radius 3 is 2.46 bits per heavy atom. The summed E-state index contributed by atoms with van der Waals surface area (Å²) < 4.78 is 6.09. The van der Waals surface area contributed by atoms with Gasteiger partial charge in [0.25, 0.3) is 0 Å². The zero-order valence-electron chi connectivity index (χ0n) is 17.0. The van der Waals surface area contributed by atoms with Crippen molar-refractivity contribution in [3.05, 3.63) is 12.2 Å². The lowest BCUT2D eigenvalue weighted by Gasteiger charge is -2.45. The molecule has 2 nitrogen and oxygen atoms in total. The summed E-state index contributed by atoms with van der Waals surface area (Å²) in [7, 11) is 0. The Hall–Kier alpha value is -0.790. The van der Waals surface area contributed by atoms with Crippen molar-refractivity contribution in [1.29, 1.82) is 0 Å². The maximum atomic E-state index is 13.0. The van der Waals surface area contributed by atoms with Gasteiger partial charge in [-0.2, -0.15) is 0 Å². The second kappa shape index (κ2) is 5.61. The van der Waals surface area contributed by atoms with Gasteiger partial charge in [-0.15, -0.1) is 0 Å². The molecule has 0 radical (unpaired) electrons. The van der Waals surface area contributed by atoms with Crippen LogP contribution < -0.4 is 0 Å². The Morgan fingerprint density at radius 1 is 1.04 bits per heavy atom. The van der Waals surface area contributed by atoms with Crippen molar-refractivity contribution in [2.45, 2.75) is 78.7 Å². The molecule has 0 N–H and O–H groups in total. The Balaban J connectivity index is 1.22. The van der Waals surface area contributed by atoms with Crippen LogP contribution in [0, 0.1) is 52.3 Å². The smallest absolute Gasteiger partial charge is 0.309 e. The number of rotatable bonds is 2. The van der Waals surface area contributed by atoms with Gasteiger partial charge in [-0.25, -0.2) is 0 Å². The van der Waals surface area contributed by atoms with E-state index in [-0.39, 0.29) is 18.0 Å². The quantitative estimate of drug-likeness (QED) is 0.365. The first-order valence-electron chi connectivity index (χ1n) is 11.2. The maximum Gasteiger partial charge on any atom is 0.309 e. The number of esters is 1. The SMILES string of the molecule is CC(C)(C)C1CCC(OC(=O)C2CC3CC2C2C4C=CC(C4)C32C)CC1. The molecular formula is C24H36O2. The molecule has 4 saturated carbocycles. The van der Waals surface area contributed by atoms with Gasteiger partial charge in [0.2, 0.25) is 0 Å². The lowest BCUT2D eigenvalue weighted by molar-refractivity contribution is -0.160. The van der Waals surface area contributed by atoms with Crippen LogP contribution in [0.3, 0.4) is 0 Å². The third-order valence-electron chi connectivity index (χ3n) is 9.53. The van der Waals surface area contributed by atoms with E-state index in [0.717, 1.165) is 48.9 Å². The molecular weight excluding hydrogens is 320 g/mol. The van der Waals surface area contributed by atoms with Gasteiger partial charge in [0.05, 0.1) is 5.92 Å². The lowest BCUT2D eigenvalue weighted by atomic mass is 9.60. The highest BCUT2D eigenvalue weighted by atomic mass is 16.5. The number of carbonyl (C=O) groups excluding carboxylic acids is 1. The van der Waals surface area contributed by atoms with Gasteiger partial charge in [0.1, 0.15) is 6.10 Å². The summed E-state index contributed by atoms with van der Waals surface area (Å²) in [6.07, 6.45) is 13.5. The number of hydrogen-bond donors (Lipinski definition) is 0. The molecule has 144 valence electrons. The molecule has 0 saturated heterocycles. The number of hydrogen-bond acceptors (Lipinski definition) is 2. The molecule has 4 bridgehead atoms. The largest absolute Gasteiger partial charge is 0.462 e. The van der Waals surface area contributed by atoms with E-state index in [1.807, 2.05) is 0 Å². The summed E-state index contributed by atoms with van der Waals surface area (Å²) in [6, 6.07) is 0. The first-order chi connectivity index (χ1) is 12.3. The Labute approximate surface area is 159 Å². The van der Waals surface area contributed by atoms with Crippen molar-refractivity contribution in [1.82, 2.24) is 0 Å². The van der Waals surface area contributed by atoms with Crippen LogP contribution >= 0.6 is 0 Å². The number of carbonyl (C=O) groups is 1. The number of fused-ring (bicyclic) bond motifs is 9. The molecule has 4 fully saturated rings. The third-order valence-corrected chi connectivity index (χ3v) is 9.53. The molecule has 0 amide bonds. The van der Waals surface area contributed by atoms with Gasteiger partial charge < -0.3 is 4.74 Å². The van der Waals surface area contributed by atoms with E-state index >= 15 is 0 Å². The van der Waals surface area contributed by atoms with E-state index < -0.39 is 0 Å². The molecule has 26 heavy (non-hydrogen) atoms. The van der Waals surface area contributed by atoms with Crippen molar-refractivity contribution >= 4 is 5.97 Å². The molecule has 5 aliphatic carbocycles. The van der Waals surface area contributed by atoms with Crippen LogP contribution in [0.4, 0.5) is 0 Å². The zero-order valence-corrected chi connectivity index (χ0v) is 17.0. The summed E-state index contributed by atoms with van der Waals surface area (Å²) in [5, 5.41) is 0. The molecule has 5 rings (SSSR count). The third kappa shape index (κ3) is 2.32. The molecule has 0 aromatic rings. The van der Waals surface area contributed by atoms with Gasteiger partial charge >= 0.3 is 5.97 Å². The molecule has 5 aliphatic rings. The second-order valence-electron chi connectivity index (χ2n) is 11.5. The minimum atomic E-state index is 0.158. The normalized spacial score (nSPS) is 51.7. The average molecular weight is 357 g/mol. The van der Waals surface area contributed by atoms with Crippen LogP contribution in [-0.2, 0) is 9.53 Å². The monoisotopic (exact) mass is 356 g/mol. The second-order valence-corrected chi connectivity index (χ2v) is 11.5. The van der Waals surface area contributed by atoms with E-state index in [0.29, 0.717) is 16.7 Å². The van der Waals surface area contributed by atoms with E-state index in [1.54, 1.807) is 0 Å². The summed E-state index contributed by atoms with van der Waals surface area (Å²) >= 11 is 0. The van der Waals surface area contributed by atoms with Crippen molar-refractivity contribution in [2.24, 2.45) is 52.3 Å². The van der Waals surface area contributed by atoms with Crippen LogP contribution in [0.25, 0.3) is 0 Å². The highest BCUT2D eigenvalue weighted by molar-refractivity contribution is 5.74. The van der Waals surface area contributed by atoms with E-state index in [4.69, 9.17) is 4.74 Å². The first kappa shape index (κ1) is 17.3. The molecule has 7 unspecified atom stereocenters. The molecule has 0 aromatic heterocycles. The van der Waals surface area contributed by atoms with Crippen molar-refractivity contribution in [3.8, 4) is 0 Å². The van der Waals surface area contributed by atoms with Crippen molar-refractivity contribution < 1.29 is 9.53 Å². The molecule has 0 aromatic carbocycles. The maximum absolute atomic E-state index is 13.0. The molecule has 7 atom stereocenters. The van der Waals surface area contributed by atoms with Crippen LogP contribution in [0.1, 0.15) is 72.6 Å². The summed E-state index contributed by atoms with van der Waals surface area (Å²) in [5.74, 6) is 4.79. The highest BCUT2D eigenvalue weighted by Gasteiger charge is 2.68. The van der Waals surface area contributed by atoms with E-state index in [9.17, 15) is 4.79 Å². The average Bonchev–Trinajstić information content (AvgIpc) is 3.32. The predicted octanol–water partition coefficient (Wildman–Crippen LogP) is 5.62. The number of allylic oxidation sites excluding steroid dienone is 2. The molecule has 2 heteroatoms. The Bertz CT molecular complexity index is 621. The highest BCUT2D eigenvalue weighted by Crippen LogP contribution is 2.73. The predicted molar refractivity (Wildman–Crippen MR) is 103 cm³/mol. The number of ether oxygens (including phenoxy) is 1. The zero-order chi connectivity index (χ0) is 18.3. The fourth-order valence-electron chi connectivity index (χ4n) is 8.06. The minimum Gasteiger partial charge on any atom is -0.462 e. The van der Waals surface area contributed by atoms with Gasteiger partial charge in [-0.1, -0.05) is 39.8 Å². The topological polar surface area (TPSA) is 26.3 Å². The van der Waals surface area contributed by atoms with Crippen LogP contribution in [-0.4, -0.2) is 12.1 Å². The first-order valence-corrected chi connectivity index (χ1v) is 11.2. The van der Waals surface area contributed by atoms with Gasteiger partial charge in [-0.05, 0) is 91.3 Å². The van der Waals surface area contributed by atoms with Crippen LogP contribution in [0.5, 0.6) is 0 Å². The lowest BCUT2D eigenvalue weighted by Crippen LogP contribution is -2.43. The fourth-order valence-corrected chi connectivity index (χ4v) is 8.06. The Kier molecular flexibility index (Phi) is 3.74. The van der Waals surface area contributed by atoms with Crippen LogP contribution in [0.15, 0.2) is 12.2 Å². The summed E-state index contributed by atoms with van der Waals surface area (Å²) in [6.45, 7) is 9.58. The molecule has 0 heterocycles. The van der Waals surface area contributed by atoms with Crippen molar-refractivity contribution in [3.63, 3.8) is 0 Å². The van der Waals surface area contributed by atoms with Crippen molar-refractivity contribution in [2.75, 3.05) is 0 Å². The molecule has 0 aliphatic heterocycles. The molecule has 0 spiro atoms. The van der Waals surface area contributed by atoms with Gasteiger partial charge in [0.15, 0.2) is 0 Å². The fraction of sp³-hybridized carbons (Fsp3) is 0.875. The minimum absolute atomic E-state index is 0.158. The summed E-state index contributed by atoms with van der Waals surface area (Å²) in [4.78, 5) is 13.0. The van der Waals surface area contributed by atoms with Gasteiger partial charge in [0, 0.05) is 0 Å². The summed E-state index contributed by atoms with van der Waals surface area (Å²) in [5.41, 5.74) is 0.880. The van der Waals surface area contributed by atoms with E-state index in [1.165, 1.54) is 25.7 Å². The Morgan fingerprint density at radius 2 is 1.77 bits per heavy atom. The van der Waals surface area contributed by atoms with Gasteiger partial charge in [-0.3, -0.25) is 4.79 Å².